The zero-order chi connectivity index (χ0) is 48.6. The summed E-state index contributed by atoms with van der Waals surface area (Å²) < 4.78 is 36.3. The third-order valence-corrected chi connectivity index (χ3v) is 14.2. The van der Waals surface area contributed by atoms with Crippen molar-refractivity contribution >= 4 is 55.6 Å². The molecule has 0 fully saturated rings. The van der Waals surface area contributed by atoms with E-state index in [-0.39, 0.29) is 40.6 Å². The largest absolute Gasteiger partial charge is 0.748 e. The van der Waals surface area contributed by atoms with Gasteiger partial charge >= 0.3 is 0 Å². The van der Waals surface area contributed by atoms with Crippen LogP contribution in [0.5, 0.6) is 0 Å². The average Bonchev–Trinajstić information content (AvgIpc) is 3.68. The lowest BCUT2D eigenvalue weighted by Gasteiger charge is -2.25. The first-order valence-electron chi connectivity index (χ1n) is 23.8. The van der Waals surface area contributed by atoms with Crippen LogP contribution < -0.4 is 15.5 Å². The summed E-state index contributed by atoms with van der Waals surface area (Å²) in [5.41, 5.74) is 9.18. The van der Waals surface area contributed by atoms with Gasteiger partial charge in [-0.15, -0.1) is 0 Å². The highest BCUT2D eigenvalue weighted by molar-refractivity contribution is 7.85. The smallest absolute Gasteiger partial charge is 0.227 e. The number of nitrogens with one attached hydrogen (secondary N) is 2. The lowest BCUT2D eigenvalue weighted by Crippen LogP contribution is -2.30. The van der Waals surface area contributed by atoms with Crippen LogP contribution in [0, 0.1) is 0 Å². The fourth-order valence-electron chi connectivity index (χ4n) is 9.80. The number of benzene rings is 5. The third-order valence-electron chi connectivity index (χ3n) is 13.5. The molecule has 68 heavy (non-hydrogen) atoms. The monoisotopic (exact) mass is 932 g/mol. The molecular weight excluding hydrogens is 869 g/mol. The maximum atomic E-state index is 13.1. The van der Waals surface area contributed by atoms with Crippen LogP contribution in [0.25, 0.3) is 10.8 Å². The van der Waals surface area contributed by atoms with Crippen molar-refractivity contribution in [1.82, 2.24) is 10.6 Å². The van der Waals surface area contributed by atoms with E-state index in [9.17, 15) is 27.4 Å². The lowest BCUT2D eigenvalue weighted by atomic mass is 9.79. The topological polar surface area (TPSA) is 139 Å². The number of carbonyl (C=O) groups is 3. The van der Waals surface area contributed by atoms with Gasteiger partial charge < -0.3 is 20.1 Å². The van der Waals surface area contributed by atoms with Crippen molar-refractivity contribution in [3.05, 3.63) is 179 Å². The van der Waals surface area contributed by atoms with Crippen molar-refractivity contribution in [2.24, 2.45) is 0 Å². The molecule has 2 aliphatic heterocycles. The molecule has 2 amide bonds. The number of rotatable bonds is 20. The van der Waals surface area contributed by atoms with Gasteiger partial charge in [0.05, 0.1) is 27.9 Å². The standard InChI is InChI=1S/C57H64N4O6S/c1-7-60-48-31-29-41(38-52(62)58-33-16-17-34-59-55(64)40(2)44-24-20-25-45(39-44)54(63)43-22-10-8-11-23-43)37-47(48)56(3,4)50(60)27-12-9-13-28-51-57(5,6)53-46-26-15-14-21-42(46)30-32-49(53)61(51)35-18-19-36-68(65,66)67/h8-15,20-32,37,39-40H,7,16-19,33-36,38H2,1-6H3,(H2-,58,59,62,64,65,66,67)/t40-/m0/s1. The van der Waals surface area contributed by atoms with E-state index in [1.165, 1.54) is 21.9 Å². The zero-order valence-corrected chi connectivity index (χ0v) is 41.0. The van der Waals surface area contributed by atoms with Crippen LogP contribution in [0.2, 0.25) is 0 Å². The summed E-state index contributed by atoms with van der Waals surface area (Å²) in [5, 5.41) is 8.42. The number of ketones is 1. The van der Waals surface area contributed by atoms with Crippen LogP contribution in [0.4, 0.5) is 11.4 Å². The van der Waals surface area contributed by atoms with E-state index < -0.39 is 16.0 Å². The van der Waals surface area contributed by atoms with Crippen LogP contribution in [0.3, 0.4) is 0 Å². The second-order valence-corrected chi connectivity index (χ2v) is 20.4. The molecule has 0 spiro atoms. The maximum absolute atomic E-state index is 13.1. The Hall–Kier alpha value is -6.43. The molecule has 2 N–H and O–H groups in total. The molecule has 2 aliphatic rings. The molecule has 0 radical (unpaired) electrons. The third kappa shape index (κ3) is 11.1. The van der Waals surface area contributed by atoms with Crippen LogP contribution in [-0.2, 0) is 37.0 Å². The molecule has 5 aromatic carbocycles. The molecule has 0 aromatic heterocycles. The summed E-state index contributed by atoms with van der Waals surface area (Å²) in [4.78, 5) is 41.4. The molecule has 0 bridgehead atoms. The van der Waals surface area contributed by atoms with Gasteiger partial charge in [-0.1, -0.05) is 117 Å². The lowest BCUT2D eigenvalue weighted by molar-refractivity contribution is -0.438. The van der Waals surface area contributed by atoms with Gasteiger partial charge in [-0.2, -0.15) is 4.58 Å². The second-order valence-electron chi connectivity index (χ2n) is 18.9. The van der Waals surface area contributed by atoms with Gasteiger partial charge in [-0.05, 0) is 98.7 Å². The van der Waals surface area contributed by atoms with E-state index in [1.807, 2.05) is 55.5 Å². The van der Waals surface area contributed by atoms with Crippen LogP contribution in [0.15, 0.2) is 145 Å². The van der Waals surface area contributed by atoms with Crippen molar-refractivity contribution in [2.45, 2.75) is 90.4 Å². The number of likely N-dealkylation sites (N-methyl/N-ethyl adjacent to an activating group) is 1. The number of anilines is 1. The minimum atomic E-state index is -4.27. The Morgan fingerprint density at radius 3 is 2.24 bits per heavy atom. The number of fused-ring (bicyclic) bond motifs is 4. The number of nitrogens with zero attached hydrogens (tertiary/aromatic N) is 2. The summed E-state index contributed by atoms with van der Waals surface area (Å²) in [5.74, 6) is -1.01. The Kier molecular flexibility index (Phi) is 15.5. The maximum Gasteiger partial charge on any atom is 0.227 e. The van der Waals surface area contributed by atoms with Crippen molar-refractivity contribution in [1.29, 1.82) is 0 Å². The minimum Gasteiger partial charge on any atom is -0.748 e. The Bertz CT molecular complexity index is 2930. The summed E-state index contributed by atoms with van der Waals surface area (Å²) in [6.45, 7) is 15.3. The van der Waals surface area contributed by atoms with E-state index in [1.54, 1.807) is 24.3 Å². The number of hydrogen-bond acceptors (Lipinski definition) is 7. The molecule has 5 aromatic rings. The fourth-order valence-corrected chi connectivity index (χ4v) is 10.4. The molecule has 0 aliphatic carbocycles. The minimum absolute atomic E-state index is 0.0465. The molecule has 2 heterocycles. The van der Waals surface area contributed by atoms with Gasteiger partial charge in [0.15, 0.2) is 11.5 Å². The van der Waals surface area contributed by atoms with Crippen molar-refractivity contribution < 1.29 is 31.9 Å². The highest BCUT2D eigenvalue weighted by Crippen LogP contribution is 2.48. The van der Waals surface area contributed by atoms with Crippen LogP contribution in [-0.4, -0.2) is 72.8 Å². The first-order valence-corrected chi connectivity index (χ1v) is 25.4. The van der Waals surface area contributed by atoms with Crippen molar-refractivity contribution in [3.8, 4) is 0 Å². The SMILES string of the molecule is CCN1/C(=C/C=C/C=C/C2=[N+](CCCCS(=O)(=O)[O-])c3ccc4ccccc4c3C2(C)C)C(C)(C)c2cc(CC(=O)NCCCCNC(=O)[C@@H](C)c3cccc(C(=O)c4ccccc4)c3)ccc21. The van der Waals surface area contributed by atoms with Gasteiger partial charge in [0, 0.05) is 77.4 Å². The summed E-state index contributed by atoms with van der Waals surface area (Å²) in [6, 6.07) is 35.3. The summed E-state index contributed by atoms with van der Waals surface area (Å²) in [6.07, 6.45) is 13.1. The first kappa shape index (κ1) is 49.5. The number of unbranched alkanes of at least 4 members (excludes halogenated alkanes) is 2. The Morgan fingerprint density at radius 1 is 0.765 bits per heavy atom. The van der Waals surface area contributed by atoms with Gasteiger partial charge in [-0.25, -0.2) is 8.42 Å². The second kappa shape index (κ2) is 21.3. The van der Waals surface area contributed by atoms with E-state index in [2.05, 4.69) is 121 Å². The number of hydrogen-bond donors (Lipinski definition) is 2. The van der Waals surface area contributed by atoms with Crippen LogP contribution in [0.1, 0.15) is 111 Å². The van der Waals surface area contributed by atoms with Crippen LogP contribution >= 0.6 is 0 Å². The van der Waals surface area contributed by atoms with E-state index >= 15 is 0 Å². The predicted molar refractivity (Wildman–Crippen MR) is 273 cm³/mol. The average molecular weight is 933 g/mol. The molecule has 10 nitrogen and oxygen atoms in total. The summed E-state index contributed by atoms with van der Waals surface area (Å²) in [7, 11) is -4.27. The Morgan fingerprint density at radius 2 is 1.49 bits per heavy atom. The van der Waals surface area contributed by atoms with E-state index in [4.69, 9.17) is 0 Å². The van der Waals surface area contributed by atoms with Gasteiger partial charge in [0.2, 0.25) is 17.5 Å². The number of carbonyl (C=O) groups excluding carboxylic acids is 3. The number of allylic oxidation sites excluding steroid dienone is 6. The van der Waals surface area contributed by atoms with Crippen molar-refractivity contribution in [3.63, 3.8) is 0 Å². The normalized spacial score (nSPS) is 16.2. The molecular formula is C57H64N4O6S. The van der Waals surface area contributed by atoms with Gasteiger partial charge in [0.1, 0.15) is 6.54 Å². The first-order chi connectivity index (χ1) is 32.5. The number of amides is 2. The Labute approximate surface area is 402 Å². The van der Waals surface area contributed by atoms with E-state index in [0.717, 1.165) is 46.9 Å². The van der Waals surface area contributed by atoms with Gasteiger partial charge in [0.25, 0.3) is 0 Å². The molecule has 354 valence electrons. The zero-order valence-electron chi connectivity index (χ0n) is 40.2. The highest BCUT2D eigenvalue weighted by atomic mass is 32.2. The molecule has 1 atom stereocenters. The molecule has 0 saturated carbocycles. The van der Waals surface area contributed by atoms with Crippen molar-refractivity contribution in [2.75, 3.05) is 36.8 Å². The molecule has 7 rings (SSSR count). The predicted octanol–water partition coefficient (Wildman–Crippen LogP) is 9.95. The summed E-state index contributed by atoms with van der Waals surface area (Å²) >= 11 is 0. The van der Waals surface area contributed by atoms with E-state index in [0.29, 0.717) is 50.0 Å². The highest BCUT2D eigenvalue weighted by Gasteiger charge is 2.45. The Balaban J connectivity index is 0.929. The quantitative estimate of drug-likeness (QED) is 0.0261. The molecule has 0 saturated heterocycles. The molecule has 0 unspecified atom stereocenters. The molecule has 11 heteroatoms. The fraction of sp³-hybridized carbons (Fsp3) is 0.333. The van der Waals surface area contributed by atoms with Gasteiger partial charge in [-0.3, -0.25) is 14.4 Å².